The molecule has 112 valence electrons. The van der Waals surface area contributed by atoms with Gasteiger partial charge in [0.05, 0.1) is 24.3 Å². The molecular formula is C12H11F6NO. The summed E-state index contributed by atoms with van der Waals surface area (Å²) in [6.07, 6.45) is -9.81. The predicted octanol–water partition coefficient (Wildman–Crippen LogP) is 4.03. The first-order valence-corrected chi connectivity index (χ1v) is 5.74. The number of alkyl halides is 6. The summed E-state index contributed by atoms with van der Waals surface area (Å²) in [6, 6.07) is 1.69. The van der Waals surface area contributed by atoms with Gasteiger partial charge in [0.15, 0.2) is 0 Å². The van der Waals surface area contributed by atoms with E-state index in [1.165, 1.54) is 12.2 Å². The van der Waals surface area contributed by atoms with Crippen LogP contribution in [0.15, 0.2) is 18.2 Å². The molecule has 1 fully saturated rings. The van der Waals surface area contributed by atoms with Crippen molar-refractivity contribution in [3.8, 4) is 0 Å². The van der Waals surface area contributed by atoms with E-state index >= 15 is 0 Å². The molecular weight excluding hydrogens is 288 g/mol. The molecule has 1 aliphatic heterocycles. The first-order valence-electron chi connectivity index (χ1n) is 5.74. The van der Waals surface area contributed by atoms with Crippen LogP contribution in [0.3, 0.4) is 0 Å². The summed E-state index contributed by atoms with van der Waals surface area (Å²) in [5.41, 5.74) is -3.69. The fourth-order valence-electron chi connectivity index (χ4n) is 2.29. The maximum absolute atomic E-state index is 13.0. The van der Waals surface area contributed by atoms with Crippen molar-refractivity contribution < 1.29 is 31.2 Å². The number of halogens is 6. The molecule has 1 aromatic carbocycles. The Hall–Kier alpha value is -1.28. The molecule has 0 amide bonds. The van der Waals surface area contributed by atoms with E-state index < -0.39 is 35.1 Å². The van der Waals surface area contributed by atoms with Gasteiger partial charge < -0.3 is 4.84 Å². The van der Waals surface area contributed by atoms with E-state index in [9.17, 15) is 26.3 Å². The van der Waals surface area contributed by atoms with Gasteiger partial charge in [-0.2, -0.15) is 31.4 Å². The summed E-state index contributed by atoms with van der Waals surface area (Å²) in [5, 5.41) is 1.23. The molecule has 0 saturated carbocycles. The molecule has 0 aromatic heterocycles. The van der Waals surface area contributed by atoms with Crippen LogP contribution in [-0.2, 0) is 17.2 Å². The third-order valence-electron chi connectivity index (χ3n) is 3.25. The van der Waals surface area contributed by atoms with Gasteiger partial charge in [-0.3, -0.25) is 0 Å². The van der Waals surface area contributed by atoms with Gasteiger partial charge >= 0.3 is 12.4 Å². The van der Waals surface area contributed by atoms with Gasteiger partial charge in [-0.05, 0) is 18.1 Å². The minimum atomic E-state index is -5.07. The van der Waals surface area contributed by atoms with Gasteiger partial charge in [-0.1, -0.05) is 12.1 Å². The van der Waals surface area contributed by atoms with Crippen LogP contribution in [0.4, 0.5) is 26.3 Å². The second-order valence-corrected chi connectivity index (χ2v) is 4.39. The van der Waals surface area contributed by atoms with Crippen LogP contribution in [0.25, 0.3) is 0 Å². The normalized spacial score (nSPS) is 20.9. The van der Waals surface area contributed by atoms with Crippen molar-refractivity contribution in [3.63, 3.8) is 0 Å². The highest BCUT2D eigenvalue weighted by molar-refractivity contribution is 5.41. The minimum Gasteiger partial charge on any atom is -0.302 e. The van der Waals surface area contributed by atoms with Crippen molar-refractivity contribution in [1.82, 2.24) is 5.06 Å². The number of hydrogen-bond donors (Lipinski definition) is 0. The van der Waals surface area contributed by atoms with Crippen LogP contribution >= 0.6 is 0 Å². The molecule has 0 spiro atoms. The van der Waals surface area contributed by atoms with E-state index in [4.69, 9.17) is 4.84 Å². The van der Waals surface area contributed by atoms with Crippen molar-refractivity contribution in [2.24, 2.45) is 0 Å². The van der Waals surface area contributed by atoms with Gasteiger partial charge in [0, 0.05) is 6.54 Å². The van der Waals surface area contributed by atoms with Crippen molar-refractivity contribution in [3.05, 3.63) is 34.9 Å². The SMILES string of the molecule is CON1CCC1c1cccc(C(F)(F)F)c1C(F)(F)F. The molecule has 1 saturated heterocycles. The van der Waals surface area contributed by atoms with Crippen LogP contribution in [0, 0.1) is 0 Å². The Labute approximate surface area is 110 Å². The minimum absolute atomic E-state index is 0.318. The Balaban J connectivity index is 2.58. The maximum atomic E-state index is 13.0. The number of hydroxylamine groups is 2. The third-order valence-corrected chi connectivity index (χ3v) is 3.25. The Kier molecular flexibility index (Phi) is 3.72. The van der Waals surface area contributed by atoms with Gasteiger partial charge in [-0.15, -0.1) is 0 Å². The predicted molar refractivity (Wildman–Crippen MR) is 57.5 cm³/mol. The maximum Gasteiger partial charge on any atom is 0.417 e. The number of rotatable bonds is 2. The quantitative estimate of drug-likeness (QED) is 0.764. The van der Waals surface area contributed by atoms with E-state index in [-0.39, 0.29) is 0 Å². The van der Waals surface area contributed by atoms with Gasteiger partial charge in [0.1, 0.15) is 0 Å². The topological polar surface area (TPSA) is 12.5 Å². The number of hydrogen-bond acceptors (Lipinski definition) is 2. The molecule has 8 heteroatoms. The molecule has 1 aromatic rings. The van der Waals surface area contributed by atoms with Crippen LogP contribution in [0.2, 0.25) is 0 Å². The average Bonchev–Trinajstić information content (AvgIpc) is 2.25. The lowest BCUT2D eigenvalue weighted by atomic mass is 9.89. The smallest absolute Gasteiger partial charge is 0.302 e. The Morgan fingerprint density at radius 1 is 1.10 bits per heavy atom. The lowest BCUT2D eigenvalue weighted by Gasteiger charge is -2.40. The molecule has 20 heavy (non-hydrogen) atoms. The van der Waals surface area contributed by atoms with Gasteiger partial charge in [0.25, 0.3) is 0 Å². The van der Waals surface area contributed by atoms with E-state index in [0.717, 1.165) is 12.1 Å². The van der Waals surface area contributed by atoms with Crippen LogP contribution in [0.1, 0.15) is 29.2 Å². The fourth-order valence-corrected chi connectivity index (χ4v) is 2.29. The molecule has 1 aliphatic rings. The first kappa shape index (κ1) is 15.1. The number of nitrogens with zero attached hydrogens (tertiary/aromatic N) is 1. The van der Waals surface area contributed by atoms with E-state index in [1.807, 2.05) is 0 Å². The summed E-state index contributed by atoms with van der Waals surface area (Å²) in [7, 11) is 1.27. The lowest BCUT2D eigenvalue weighted by molar-refractivity contribution is -0.216. The van der Waals surface area contributed by atoms with E-state index in [1.54, 1.807) is 0 Å². The summed E-state index contributed by atoms with van der Waals surface area (Å²) >= 11 is 0. The molecule has 1 unspecified atom stereocenters. The standard InChI is InChI=1S/C12H11F6NO/c1-20-19-6-5-9(19)7-3-2-4-8(11(13,14)15)10(7)12(16,17)18/h2-4,9H,5-6H2,1H3. The Morgan fingerprint density at radius 3 is 2.15 bits per heavy atom. The lowest BCUT2D eigenvalue weighted by Crippen LogP contribution is -2.41. The second-order valence-electron chi connectivity index (χ2n) is 4.39. The highest BCUT2D eigenvalue weighted by atomic mass is 19.4. The van der Waals surface area contributed by atoms with Gasteiger partial charge in [-0.25, -0.2) is 0 Å². The molecule has 1 heterocycles. The molecule has 0 radical (unpaired) electrons. The monoisotopic (exact) mass is 299 g/mol. The van der Waals surface area contributed by atoms with Crippen LogP contribution in [0.5, 0.6) is 0 Å². The van der Waals surface area contributed by atoms with E-state index in [0.29, 0.717) is 19.0 Å². The third kappa shape index (κ3) is 2.62. The van der Waals surface area contributed by atoms with Crippen LogP contribution in [-0.4, -0.2) is 18.7 Å². The van der Waals surface area contributed by atoms with E-state index in [2.05, 4.69) is 0 Å². The zero-order chi connectivity index (χ0) is 15.1. The summed E-state index contributed by atoms with van der Waals surface area (Å²) in [6.45, 7) is 0.384. The Bertz CT molecular complexity index is 494. The summed E-state index contributed by atoms with van der Waals surface area (Å²) in [5.74, 6) is 0. The molecule has 2 rings (SSSR count). The second kappa shape index (κ2) is 4.92. The zero-order valence-electron chi connectivity index (χ0n) is 10.3. The van der Waals surface area contributed by atoms with Crippen molar-refractivity contribution in [2.45, 2.75) is 24.8 Å². The summed E-state index contributed by atoms with van der Waals surface area (Å²) in [4.78, 5) is 4.83. The highest BCUT2D eigenvalue weighted by Gasteiger charge is 2.47. The molecule has 1 atom stereocenters. The van der Waals surface area contributed by atoms with Crippen molar-refractivity contribution >= 4 is 0 Å². The van der Waals surface area contributed by atoms with Crippen LogP contribution < -0.4 is 0 Å². The molecule has 0 bridgehead atoms. The van der Waals surface area contributed by atoms with Gasteiger partial charge in [0.2, 0.25) is 0 Å². The fraction of sp³-hybridized carbons (Fsp3) is 0.500. The van der Waals surface area contributed by atoms with Crippen molar-refractivity contribution in [1.29, 1.82) is 0 Å². The zero-order valence-corrected chi connectivity index (χ0v) is 10.3. The molecule has 2 nitrogen and oxygen atoms in total. The average molecular weight is 299 g/mol. The molecule has 0 N–H and O–H groups in total. The Morgan fingerprint density at radius 2 is 1.75 bits per heavy atom. The first-order chi connectivity index (χ1) is 9.16. The number of benzene rings is 1. The highest BCUT2D eigenvalue weighted by Crippen LogP contribution is 2.46. The summed E-state index contributed by atoms with van der Waals surface area (Å²) < 4.78 is 77.4. The largest absolute Gasteiger partial charge is 0.417 e. The van der Waals surface area contributed by atoms with Crippen molar-refractivity contribution in [2.75, 3.05) is 13.7 Å². The molecule has 0 aliphatic carbocycles.